The molecule has 128 valence electrons. The van der Waals surface area contributed by atoms with E-state index in [2.05, 4.69) is 27.8 Å². The van der Waals surface area contributed by atoms with Crippen LogP contribution in [0.5, 0.6) is 5.75 Å². The number of carbonyl (C=O) groups is 1. The Balaban J connectivity index is 1.66. The average Bonchev–Trinajstić information content (AvgIpc) is 3.33. The number of benzene rings is 1. The number of nitrogens with one attached hydrogen (secondary N) is 1. The molecule has 0 bridgehead atoms. The topological polar surface area (TPSA) is 81.9 Å². The minimum atomic E-state index is 0.00652. The maximum absolute atomic E-state index is 12.1. The molecule has 1 atom stereocenters. The van der Waals surface area contributed by atoms with Gasteiger partial charge in [-0.1, -0.05) is 23.9 Å². The molecule has 1 saturated carbocycles. The molecule has 1 N–H and O–H groups in total. The summed E-state index contributed by atoms with van der Waals surface area (Å²) in [5.41, 5.74) is 0.763. The van der Waals surface area contributed by atoms with Crippen molar-refractivity contribution in [3.8, 4) is 11.4 Å². The highest BCUT2D eigenvalue weighted by molar-refractivity contribution is 7.99. The fourth-order valence-corrected chi connectivity index (χ4v) is 3.16. The normalized spacial score (nSPS) is 15.1. The lowest BCUT2D eigenvalue weighted by Gasteiger charge is -2.13. The zero-order valence-electron chi connectivity index (χ0n) is 13.8. The van der Waals surface area contributed by atoms with Gasteiger partial charge < -0.3 is 10.1 Å². The monoisotopic (exact) mass is 347 g/mol. The molecule has 1 amide bonds. The third-order valence-corrected chi connectivity index (χ3v) is 4.80. The van der Waals surface area contributed by atoms with E-state index < -0.39 is 0 Å². The summed E-state index contributed by atoms with van der Waals surface area (Å²) < 4.78 is 7.23. The van der Waals surface area contributed by atoms with Crippen LogP contribution >= 0.6 is 11.8 Å². The van der Waals surface area contributed by atoms with E-state index in [4.69, 9.17) is 4.74 Å². The maximum Gasteiger partial charge on any atom is 0.230 e. The van der Waals surface area contributed by atoms with Crippen molar-refractivity contribution >= 4 is 17.7 Å². The van der Waals surface area contributed by atoms with Gasteiger partial charge >= 0.3 is 0 Å². The van der Waals surface area contributed by atoms with Gasteiger partial charge in [0.25, 0.3) is 0 Å². The van der Waals surface area contributed by atoms with Crippen LogP contribution in [0.4, 0.5) is 0 Å². The standard InChI is InChI=1S/C16H21N5O2S/c1-3-23-14-7-5-4-6-13(14)21-16(18-19-20-21)24-10-15(22)17-11(2)12-8-9-12/h4-7,11-12H,3,8-10H2,1-2H3,(H,17,22)/t11-/m0/s1. The van der Waals surface area contributed by atoms with Gasteiger partial charge in [0.2, 0.25) is 11.1 Å². The van der Waals surface area contributed by atoms with Crippen molar-refractivity contribution < 1.29 is 9.53 Å². The van der Waals surface area contributed by atoms with Crippen LogP contribution in [0.25, 0.3) is 5.69 Å². The molecule has 7 nitrogen and oxygen atoms in total. The fraction of sp³-hybridized carbons (Fsp3) is 0.500. The molecule has 1 aromatic carbocycles. The van der Waals surface area contributed by atoms with Crippen LogP contribution in [0.3, 0.4) is 0 Å². The van der Waals surface area contributed by atoms with E-state index in [1.807, 2.05) is 31.2 Å². The van der Waals surface area contributed by atoms with Crippen molar-refractivity contribution in [1.29, 1.82) is 0 Å². The number of rotatable bonds is 8. The first-order valence-electron chi connectivity index (χ1n) is 8.11. The highest BCUT2D eigenvalue weighted by Gasteiger charge is 2.28. The van der Waals surface area contributed by atoms with Gasteiger partial charge in [0.1, 0.15) is 11.4 Å². The molecule has 2 aromatic rings. The number of nitrogens with zero attached hydrogens (tertiary/aromatic N) is 4. The zero-order chi connectivity index (χ0) is 16.9. The summed E-state index contributed by atoms with van der Waals surface area (Å²) in [5.74, 6) is 1.64. The second-order valence-electron chi connectivity index (χ2n) is 5.76. The third kappa shape index (κ3) is 4.05. The van der Waals surface area contributed by atoms with Crippen LogP contribution in [0.2, 0.25) is 0 Å². The van der Waals surface area contributed by atoms with Crippen molar-refractivity contribution in [1.82, 2.24) is 25.5 Å². The van der Waals surface area contributed by atoms with Gasteiger partial charge in [-0.15, -0.1) is 5.10 Å². The average molecular weight is 347 g/mol. The third-order valence-electron chi connectivity index (χ3n) is 3.88. The Morgan fingerprint density at radius 1 is 1.46 bits per heavy atom. The van der Waals surface area contributed by atoms with Crippen molar-refractivity contribution in [2.24, 2.45) is 5.92 Å². The number of hydrogen-bond donors (Lipinski definition) is 1. The smallest absolute Gasteiger partial charge is 0.230 e. The largest absolute Gasteiger partial charge is 0.492 e. The second kappa shape index (κ2) is 7.65. The van der Waals surface area contributed by atoms with Gasteiger partial charge in [0.15, 0.2) is 0 Å². The van der Waals surface area contributed by atoms with Crippen LogP contribution in [-0.2, 0) is 4.79 Å². The molecule has 0 spiro atoms. The van der Waals surface area contributed by atoms with Gasteiger partial charge in [-0.25, -0.2) is 0 Å². The first-order chi connectivity index (χ1) is 11.7. The van der Waals surface area contributed by atoms with Crippen molar-refractivity contribution in [2.45, 2.75) is 37.9 Å². The fourth-order valence-electron chi connectivity index (χ4n) is 2.47. The first kappa shape index (κ1) is 16.8. The lowest BCUT2D eigenvalue weighted by atomic mass is 10.2. The number of para-hydroxylation sites is 2. The highest BCUT2D eigenvalue weighted by atomic mass is 32.2. The lowest BCUT2D eigenvalue weighted by Crippen LogP contribution is -2.35. The number of hydrogen-bond acceptors (Lipinski definition) is 6. The molecule has 0 saturated heterocycles. The highest BCUT2D eigenvalue weighted by Crippen LogP contribution is 2.32. The Morgan fingerprint density at radius 2 is 2.25 bits per heavy atom. The zero-order valence-corrected chi connectivity index (χ0v) is 14.6. The number of tetrazole rings is 1. The molecule has 0 radical (unpaired) electrons. The van der Waals surface area contributed by atoms with Gasteiger partial charge in [-0.2, -0.15) is 4.68 Å². The van der Waals surface area contributed by atoms with Crippen LogP contribution < -0.4 is 10.1 Å². The molecule has 1 aliphatic carbocycles. The summed E-state index contributed by atoms with van der Waals surface area (Å²) in [5, 5.41) is 15.4. The molecule has 1 aromatic heterocycles. The predicted molar refractivity (Wildman–Crippen MR) is 91.4 cm³/mol. The summed E-state index contributed by atoms with van der Waals surface area (Å²) in [7, 11) is 0. The van der Waals surface area contributed by atoms with E-state index in [0.717, 1.165) is 5.69 Å². The predicted octanol–water partition coefficient (Wildman–Crippen LogP) is 2.07. The lowest BCUT2D eigenvalue weighted by molar-refractivity contribution is -0.119. The second-order valence-corrected chi connectivity index (χ2v) is 6.70. The van der Waals surface area contributed by atoms with E-state index in [1.165, 1.54) is 24.6 Å². The quantitative estimate of drug-likeness (QED) is 0.736. The molecule has 1 fully saturated rings. The Morgan fingerprint density at radius 3 is 3.00 bits per heavy atom. The minimum Gasteiger partial charge on any atom is -0.492 e. The summed E-state index contributed by atoms with van der Waals surface area (Å²) in [4.78, 5) is 12.1. The van der Waals surface area contributed by atoms with E-state index in [-0.39, 0.29) is 17.7 Å². The van der Waals surface area contributed by atoms with E-state index in [1.54, 1.807) is 4.68 Å². The molecule has 1 heterocycles. The molecule has 24 heavy (non-hydrogen) atoms. The van der Waals surface area contributed by atoms with Gasteiger partial charge in [0, 0.05) is 6.04 Å². The van der Waals surface area contributed by atoms with Gasteiger partial charge in [-0.3, -0.25) is 4.79 Å². The van der Waals surface area contributed by atoms with Crippen molar-refractivity contribution in [2.75, 3.05) is 12.4 Å². The summed E-state index contributed by atoms with van der Waals surface area (Å²) in [6.07, 6.45) is 2.42. The number of amides is 1. The molecule has 3 rings (SSSR count). The van der Waals surface area contributed by atoms with E-state index in [9.17, 15) is 4.79 Å². The SMILES string of the molecule is CCOc1ccccc1-n1nnnc1SCC(=O)N[C@@H](C)C1CC1. The summed E-state index contributed by atoms with van der Waals surface area (Å²) in [6, 6.07) is 7.81. The number of carbonyl (C=O) groups excluding carboxylic acids is 1. The Labute approximate surface area is 145 Å². The van der Waals surface area contributed by atoms with Crippen LogP contribution in [0.1, 0.15) is 26.7 Å². The van der Waals surface area contributed by atoms with E-state index >= 15 is 0 Å². The van der Waals surface area contributed by atoms with Crippen molar-refractivity contribution in [3.63, 3.8) is 0 Å². The minimum absolute atomic E-state index is 0.00652. The van der Waals surface area contributed by atoms with Gasteiger partial charge in [0.05, 0.1) is 12.4 Å². The van der Waals surface area contributed by atoms with Crippen LogP contribution in [0, 0.1) is 5.92 Å². The summed E-state index contributed by atoms with van der Waals surface area (Å²) in [6.45, 7) is 4.54. The molecular weight excluding hydrogens is 326 g/mol. The molecule has 0 unspecified atom stereocenters. The van der Waals surface area contributed by atoms with E-state index in [0.29, 0.717) is 23.4 Å². The van der Waals surface area contributed by atoms with Crippen LogP contribution in [0.15, 0.2) is 29.4 Å². The number of ether oxygens (including phenoxy) is 1. The molecule has 8 heteroatoms. The van der Waals surface area contributed by atoms with Crippen molar-refractivity contribution in [3.05, 3.63) is 24.3 Å². The maximum atomic E-state index is 12.1. The first-order valence-corrected chi connectivity index (χ1v) is 9.10. The Kier molecular flexibility index (Phi) is 5.34. The molecule has 0 aliphatic heterocycles. The number of aromatic nitrogens is 4. The molecule has 1 aliphatic rings. The number of thioether (sulfide) groups is 1. The molecular formula is C16H21N5O2S. The summed E-state index contributed by atoms with van der Waals surface area (Å²) >= 11 is 1.32. The Hall–Kier alpha value is -2.09. The Bertz CT molecular complexity index is 701. The van der Waals surface area contributed by atoms with Crippen LogP contribution in [-0.4, -0.2) is 44.5 Å². The van der Waals surface area contributed by atoms with Gasteiger partial charge in [-0.05, 0) is 55.2 Å².